The molecule has 0 amide bonds. The molecule has 0 saturated heterocycles. The first-order valence-electron chi connectivity index (χ1n) is 6.28. The van der Waals surface area contributed by atoms with Crippen LogP contribution in [0.15, 0.2) is 34.7 Å². The van der Waals surface area contributed by atoms with E-state index in [0.29, 0.717) is 16.2 Å². The van der Waals surface area contributed by atoms with Crippen LogP contribution in [-0.2, 0) is 9.84 Å². The van der Waals surface area contributed by atoms with Crippen LogP contribution in [0.3, 0.4) is 0 Å². The second kappa shape index (κ2) is 4.92. The molecule has 6 nitrogen and oxygen atoms in total. The molecule has 3 rings (SSSR count). The van der Waals surface area contributed by atoms with Crippen molar-refractivity contribution in [1.82, 2.24) is 9.38 Å². The van der Waals surface area contributed by atoms with Gasteiger partial charge < -0.3 is 5.11 Å². The third kappa shape index (κ3) is 2.40. The third-order valence-corrected chi connectivity index (χ3v) is 5.23. The fraction of sp³-hybridized carbons (Fsp3) is 0.143. The largest absolute Gasteiger partial charge is 0.476 e. The number of sulfone groups is 1. The Balaban J connectivity index is 2.32. The highest BCUT2D eigenvalue weighted by Gasteiger charge is 2.19. The van der Waals surface area contributed by atoms with Crippen molar-refractivity contribution < 1.29 is 18.3 Å². The number of benzene rings is 1. The van der Waals surface area contributed by atoms with Crippen LogP contribution in [0.4, 0.5) is 0 Å². The van der Waals surface area contributed by atoms with Crippen molar-refractivity contribution in [1.29, 1.82) is 0 Å². The second-order valence-corrected chi connectivity index (χ2v) is 7.80. The molecule has 0 aliphatic carbocycles. The van der Waals surface area contributed by atoms with Crippen LogP contribution in [0.2, 0.25) is 0 Å². The zero-order chi connectivity index (χ0) is 16.1. The summed E-state index contributed by atoms with van der Waals surface area (Å²) < 4.78 is 25.6. The minimum atomic E-state index is -3.40. The molecular weight excluding hydrogens is 324 g/mol. The SMILES string of the molecule is Cc1ccc(S(C)(=O)=O)c(-c2csc3nc(C(=O)O)cn23)c1. The molecule has 0 saturated carbocycles. The zero-order valence-electron chi connectivity index (χ0n) is 11.8. The molecule has 0 unspecified atom stereocenters. The summed E-state index contributed by atoms with van der Waals surface area (Å²) >= 11 is 1.27. The summed E-state index contributed by atoms with van der Waals surface area (Å²) in [6.07, 6.45) is 2.55. The molecule has 0 radical (unpaired) electrons. The molecule has 114 valence electrons. The van der Waals surface area contributed by atoms with E-state index in [0.717, 1.165) is 11.8 Å². The summed E-state index contributed by atoms with van der Waals surface area (Å²) in [5, 5.41) is 10.8. The van der Waals surface area contributed by atoms with E-state index in [1.165, 1.54) is 17.5 Å². The number of fused-ring (bicyclic) bond motifs is 1. The van der Waals surface area contributed by atoms with Gasteiger partial charge in [0.05, 0.1) is 10.6 Å². The number of imidazole rings is 1. The lowest BCUT2D eigenvalue weighted by molar-refractivity contribution is 0.0691. The topological polar surface area (TPSA) is 88.7 Å². The van der Waals surface area contributed by atoms with Gasteiger partial charge in [-0.05, 0) is 19.1 Å². The highest BCUT2D eigenvalue weighted by atomic mass is 32.2. The highest BCUT2D eigenvalue weighted by Crippen LogP contribution is 2.32. The monoisotopic (exact) mass is 336 g/mol. The van der Waals surface area contributed by atoms with Gasteiger partial charge >= 0.3 is 5.97 Å². The Bertz CT molecular complexity index is 999. The van der Waals surface area contributed by atoms with Gasteiger partial charge in [-0.1, -0.05) is 11.6 Å². The van der Waals surface area contributed by atoms with Crippen LogP contribution in [0, 0.1) is 6.92 Å². The van der Waals surface area contributed by atoms with Crippen LogP contribution in [0.5, 0.6) is 0 Å². The summed E-state index contributed by atoms with van der Waals surface area (Å²) in [5.41, 5.74) is 2.01. The van der Waals surface area contributed by atoms with E-state index >= 15 is 0 Å². The Hall–Kier alpha value is -2.19. The van der Waals surface area contributed by atoms with Gasteiger partial charge in [-0.3, -0.25) is 4.40 Å². The van der Waals surface area contributed by atoms with Crippen LogP contribution in [0.25, 0.3) is 16.2 Å². The van der Waals surface area contributed by atoms with E-state index in [9.17, 15) is 13.2 Å². The molecule has 0 atom stereocenters. The number of hydrogen-bond donors (Lipinski definition) is 1. The van der Waals surface area contributed by atoms with Crippen molar-refractivity contribution in [3.8, 4) is 11.3 Å². The van der Waals surface area contributed by atoms with Crippen LogP contribution in [0.1, 0.15) is 16.1 Å². The van der Waals surface area contributed by atoms with Crippen LogP contribution < -0.4 is 0 Å². The average molecular weight is 336 g/mol. The number of aromatic carboxylic acids is 1. The maximum Gasteiger partial charge on any atom is 0.356 e. The van der Waals surface area contributed by atoms with E-state index in [4.69, 9.17) is 5.11 Å². The van der Waals surface area contributed by atoms with Gasteiger partial charge in [0.2, 0.25) is 0 Å². The number of carboxylic acid groups (broad SMARTS) is 1. The number of carbonyl (C=O) groups is 1. The lowest BCUT2D eigenvalue weighted by atomic mass is 10.1. The predicted octanol–water partition coefficient (Wildman–Crippen LogP) is 2.47. The molecule has 0 fully saturated rings. The summed E-state index contributed by atoms with van der Waals surface area (Å²) in [7, 11) is -3.40. The summed E-state index contributed by atoms with van der Waals surface area (Å²) in [5.74, 6) is -1.12. The lowest BCUT2D eigenvalue weighted by Gasteiger charge is -2.08. The van der Waals surface area contributed by atoms with Gasteiger partial charge in [0.15, 0.2) is 20.5 Å². The summed E-state index contributed by atoms with van der Waals surface area (Å²) in [4.78, 5) is 15.8. The van der Waals surface area contributed by atoms with E-state index < -0.39 is 15.8 Å². The van der Waals surface area contributed by atoms with Crippen molar-refractivity contribution >= 4 is 32.1 Å². The number of hydrogen-bond acceptors (Lipinski definition) is 5. The predicted molar refractivity (Wildman–Crippen MR) is 83.3 cm³/mol. The minimum Gasteiger partial charge on any atom is -0.476 e. The second-order valence-electron chi connectivity index (χ2n) is 4.98. The van der Waals surface area contributed by atoms with Crippen molar-refractivity contribution in [2.75, 3.05) is 6.26 Å². The Labute approximate surface area is 130 Å². The summed E-state index contributed by atoms with van der Waals surface area (Å²) in [6.45, 7) is 1.87. The Morgan fingerprint density at radius 2 is 2.09 bits per heavy atom. The van der Waals surface area contributed by atoms with E-state index in [1.807, 2.05) is 6.92 Å². The van der Waals surface area contributed by atoms with Gasteiger partial charge in [-0.25, -0.2) is 18.2 Å². The van der Waals surface area contributed by atoms with E-state index in [2.05, 4.69) is 4.98 Å². The molecule has 8 heteroatoms. The van der Waals surface area contributed by atoms with Crippen molar-refractivity contribution in [2.45, 2.75) is 11.8 Å². The molecule has 2 heterocycles. The van der Waals surface area contributed by atoms with Crippen molar-refractivity contribution in [2.24, 2.45) is 0 Å². The fourth-order valence-corrected chi connectivity index (χ4v) is 4.00. The van der Waals surface area contributed by atoms with Crippen molar-refractivity contribution in [3.05, 3.63) is 41.0 Å². The first-order valence-corrected chi connectivity index (χ1v) is 9.05. The number of thiazole rings is 1. The molecule has 2 aromatic heterocycles. The lowest BCUT2D eigenvalue weighted by Crippen LogP contribution is -2.01. The van der Waals surface area contributed by atoms with Gasteiger partial charge in [0.1, 0.15) is 0 Å². The van der Waals surface area contributed by atoms with Crippen molar-refractivity contribution in [3.63, 3.8) is 0 Å². The van der Waals surface area contributed by atoms with E-state index in [1.54, 1.807) is 28.0 Å². The van der Waals surface area contributed by atoms with Gasteiger partial charge in [0.25, 0.3) is 0 Å². The van der Waals surface area contributed by atoms with Gasteiger partial charge in [-0.2, -0.15) is 0 Å². The Morgan fingerprint density at radius 3 is 2.73 bits per heavy atom. The number of aromatic nitrogens is 2. The zero-order valence-corrected chi connectivity index (χ0v) is 13.4. The summed E-state index contributed by atoms with van der Waals surface area (Å²) in [6, 6.07) is 5.08. The standard InChI is InChI=1S/C14H12N2O4S2/c1-8-3-4-12(22(2,19)20)9(5-8)11-7-21-14-15-10(13(17)18)6-16(11)14/h3-7H,1-2H3,(H,17,18). The Kier molecular flexibility index (Phi) is 3.30. The quantitative estimate of drug-likeness (QED) is 0.794. The number of rotatable bonds is 3. The Morgan fingerprint density at radius 1 is 1.36 bits per heavy atom. The van der Waals surface area contributed by atoms with Crippen LogP contribution in [-0.4, -0.2) is 35.1 Å². The fourth-order valence-electron chi connectivity index (χ4n) is 2.25. The average Bonchev–Trinajstić information content (AvgIpc) is 2.96. The highest BCUT2D eigenvalue weighted by molar-refractivity contribution is 7.90. The molecule has 0 aliphatic heterocycles. The van der Waals surface area contributed by atoms with Gasteiger partial charge in [-0.15, -0.1) is 11.3 Å². The third-order valence-electron chi connectivity index (χ3n) is 3.24. The molecule has 22 heavy (non-hydrogen) atoms. The molecular formula is C14H12N2O4S2. The molecule has 1 N–H and O–H groups in total. The smallest absolute Gasteiger partial charge is 0.356 e. The first-order chi connectivity index (χ1) is 10.3. The number of aryl methyl sites for hydroxylation is 1. The molecule has 0 aliphatic rings. The van der Waals surface area contributed by atoms with Gasteiger partial charge in [0, 0.05) is 23.4 Å². The normalized spacial score (nSPS) is 11.9. The molecule has 0 spiro atoms. The maximum absolute atomic E-state index is 12.0. The molecule has 1 aromatic carbocycles. The first kappa shape index (κ1) is 14.7. The molecule has 3 aromatic rings. The minimum absolute atomic E-state index is 0.0679. The van der Waals surface area contributed by atoms with E-state index in [-0.39, 0.29) is 10.6 Å². The number of nitrogens with zero attached hydrogens (tertiary/aromatic N) is 2. The number of carboxylic acids is 1. The maximum atomic E-state index is 12.0. The van der Waals surface area contributed by atoms with Crippen LogP contribution >= 0.6 is 11.3 Å². The molecule has 0 bridgehead atoms.